The zero-order valence-corrected chi connectivity index (χ0v) is 21.1. The molecule has 0 bridgehead atoms. The molecule has 9 nitrogen and oxygen atoms in total. The van der Waals surface area contributed by atoms with Crippen LogP contribution in [0.1, 0.15) is 40.6 Å². The van der Waals surface area contributed by atoms with Crippen molar-refractivity contribution in [2.75, 3.05) is 26.3 Å². The standard InChI is InChI=1S/C27H27N5O4S/c33-25(31-13-11-27(12-14-31)35-15-16-36-27)22-18-34-24(28-22)19-37-26-30-29-23(17-20-7-3-1-4-8-20)32(26)21-9-5-2-6-10-21/h1-10,18H,11-17,19H2. The van der Waals surface area contributed by atoms with E-state index in [1.54, 1.807) is 4.90 Å². The number of ether oxygens (including phenoxy) is 2. The lowest BCUT2D eigenvalue weighted by atomic mass is 10.0. The first kappa shape index (κ1) is 23.9. The Balaban J connectivity index is 1.14. The van der Waals surface area contributed by atoms with E-state index in [2.05, 4.69) is 31.9 Å². The van der Waals surface area contributed by atoms with Crippen LogP contribution < -0.4 is 0 Å². The van der Waals surface area contributed by atoms with Crippen LogP contribution in [0.15, 0.2) is 76.5 Å². The molecule has 0 saturated carbocycles. The number of piperidine rings is 1. The number of thioether (sulfide) groups is 1. The van der Waals surface area contributed by atoms with Gasteiger partial charge in [-0.25, -0.2) is 4.98 Å². The number of hydrogen-bond acceptors (Lipinski definition) is 8. The topological polar surface area (TPSA) is 95.5 Å². The molecular weight excluding hydrogens is 490 g/mol. The Hall–Kier alpha value is -3.47. The number of likely N-dealkylation sites (tertiary alicyclic amines) is 1. The number of rotatable bonds is 7. The van der Waals surface area contributed by atoms with Gasteiger partial charge >= 0.3 is 0 Å². The third kappa shape index (κ3) is 5.18. The van der Waals surface area contributed by atoms with Crippen LogP contribution in [-0.2, 0) is 21.6 Å². The third-order valence-electron chi connectivity index (χ3n) is 6.64. The highest BCUT2D eigenvalue weighted by Crippen LogP contribution is 2.32. The summed E-state index contributed by atoms with van der Waals surface area (Å²) in [5.41, 5.74) is 2.46. The molecule has 37 heavy (non-hydrogen) atoms. The summed E-state index contributed by atoms with van der Waals surface area (Å²) < 4.78 is 19.2. The summed E-state index contributed by atoms with van der Waals surface area (Å²) in [5.74, 6) is 1.09. The number of nitrogens with zero attached hydrogens (tertiary/aromatic N) is 5. The Morgan fingerprint density at radius 2 is 1.65 bits per heavy atom. The van der Waals surface area contributed by atoms with Gasteiger partial charge in [-0.2, -0.15) is 0 Å². The van der Waals surface area contributed by atoms with Crippen molar-refractivity contribution in [3.05, 3.63) is 89.9 Å². The highest BCUT2D eigenvalue weighted by molar-refractivity contribution is 7.98. The fraction of sp³-hybridized carbons (Fsp3) is 0.333. The minimum absolute atomic E-state index is 0.134. The third-order valence-corrected chi connectivity index (χ3v) is 7.56. The van der Waals surface area contributed by atoms with Gasteiger partial charge in [0.05, 0.1) is 19.0 Å². The smallest absolute Gasteiger partial charge is 0.275 e. The van der Waals surface area contributed by atoms with E-state index in [0.717, 1.165) is 22.2 Å². The number of carbonyl (C=O) groups excluding carboxylic acids is 1. The Morgan fingerprint density at radius 3 is 2.38 bits per heavy atom. The van der Waals surface area contributed by atoms with E-state index in [0.29, 0.717) is 62.9 Å². The Bertz CT molecular complexity index is 1340. The monoisotopic (exact) mass is 517 g/mol. The summed E-state index contributed by atoms with van der Waals surface area (Å²) in [6.45, 7) is 2.37. The largest absolute Gasteiger partial charge is 0.447 e. The van der Waals surface area contributed by atoms with Crippen molar-refractivity contribution in [2.45, 2.75) is 36.0 Å². The normalized spacial score (nSPS) is 16.9. The zero-order valence-electron chi connectivity index (χ0n) is 20.3. The molecule has 0 atom stereocenters. The van der Waals surface area contributed by atoms with E-state index in [9.17, 15) is 4.79 Å². The Labute approximate surface area is 218 Å². The van der Waals surface area contributed by atoms with Crippen LogP contribution in [-0.4, -0.2) is 62.6 Å². The fourth-order valence-corrected chi connectivity index (χ4v) is 5.55. The van der Waals surface area contributed by atoms with Gasteiger partial charge in [-0.3, -0.25) is 9.36 Å². The lowest BCUT2D eigenvalue weighted by Gasteiger charge is -2.37. The van der Waals surface area contributed by atoms with Crippen LogP contribution in [0, 0.1) is 0 Å². The number of oxazole rings is 1. The number of hydrogen-bond donors (Lipinski definition) is 0. The predicted molar refractivity (Wildman–Crippen MR) is 136 cm³/mol. The Morgan fingerprint density at radius 1 is 0.946 bits per heavy atom. The zero-order chi connectivity index (χ0) is 25.1. The molecule has 2 aliphatic rings. The van der Waals surface area contributed by atoms with Gasteiger partial charge in [0.15, 0.2) is 16.6 Å². The van der Waals surface area contributed by atoms with Crippen molar-refractivity contribution in [3.63, 3.8) is 0 Å². The van der Waals surface area contributed by atoms with Crippen molar-refractivity contribution in [1.29, 1.82) is 0 Å². The molecule has 2 fully saturated rings. The number of para-hydroxylation sites is 1. The highest BCUT2D eigenvalue weighted by atomic mass is 32.2. The van der Waals surface area contributed by atoms with Crippen LogP contribution in [0.3, 0.4) is 0 Å². The van der Waals surface area contributed by atoms with Crippen LogP contribution in [0.5, 0.6) is 0 Å². The van der Waals surface area contributed by atoms with E-state index in [-0.39, 0.29) is 5.91 Å². The summed E-state index contributed by atoms with van der Waals surface area (Å²) in [6.07, 6.45) is 3.43. The van der Waals surface area contributed by atoms with Gasteiger partial charge in [0, 0.05) is 38.0 Å². The molecule has 190 valence electrons. The first-order chi connectivity index (χ1) is 18.2. The maximum Gasteiger partial charge on any atom is 0.275 e. The van der Waals surface area contributed by atoms with E-state index in [1.807, 2.05) is 48.5 Å². The second kappa shape index (κ2) is 10.5. The number of amides is 1. The van der Waals surface area contributed by atoms with Gasteiger partial charge in [-0.15, -0.1) is 10.2 Å². The van der Waals surface area contributed by atoms with Gasteiger partial charge in [0.25, 0.3) is 5.91 Å². The van der Waals surface area contributed by atoms with Crippen LogP contribution in [0.25, 0.3) is 5.69 Å². The van der Waals surface area contributed by atoms with Gasteiger partial charge in [0.2, 0.25) is 5.89 Å². The van der Waals surface area contributed by atoms with Gasteiger partial charge in [-0.05, 0) is 17.7 Å². The minimum atomic E-state index is -0.517. The summed E-state index contributed by atoms with van der Waals surface area (Å²) in [7, 11) is 0. The summed E-state index contributed by atoms with van der Waals surface area (Å²) >= 11 is 1.47. The molecular formula is C27H27N5O4S. The second-order valence-corrected chi connectivity index (χ2v) is 9.99. The summed E-state index contributed by atoms with van der Waals surface area (Å²) in [4.78, 5) is 19.2. The summed E-state index contributed by atoms with van der Waals surface area (Å²) in [5, 5.41) is 9.68. The fourth-order valence-electron chi connectivity index (χ4n) is 4.72. The van der Waals surface area contributed by atoms with Gasteiger partial charge in [-0.1, -0.05) is 60.3 Å². The van der Waals surface area contributed by atoms with Crippen LogP contribution in [0.2, 0.25) is 0 Å². The first-order valence-electron chi connectivity index (χ1n) is 12.4. The van der Waals surface area contributed by atoms with Gasteiger partial charge in [0.1, 0.15) is 12.1 Å². The molecule has 2 saturated heterocycles. The van der Waals surface area contributed by atoms with E-state index >= 15 is 0 Å². The predicted octanol–water partition coefficient (Wildman–Crippen LogP) is 4.12. The molecule has 0 N–H and O–H groups in total. The van der Waals surface area contributed by atoms with Crippen molar-refractivity contribution < 1.29 is 18.7 Å². The number of carbonyl (C=O) groups is 1. The molecule has 2 aliphatic heterocycles. The molecule has 0 radical (unpaired) electrons. The maximum atomic E-state index is 13.0. The average molecular weight is 518 g/mol. The lowest BCUT2D eigenvalue weighted by molar-refractivity contribution is -0.181. The van der Waals surface area contributed by atoms with E-state index in [1.165, 1.54) is 18.0 Å². The van der Waals surface area contributed by atoms with Crippen LogP contribution >= 0.6 is 11.8 Å². The number of benzene rings is 2. The lowest BCUT2D eigenvalue weighted by Crippen LogP contribution is -2.47. The summed E-state index contributed by atoms with van der Waals surface area (Å²) in [6, 6.07) is 20.3. The van der Waals surface area contributed by atoms with Crippen molar-refractivity contribution in [3.8, 4) is 5.69 Å². The molecule has 4 aromatic rings. The average Bonchev–Trinajstić information content (AvgIpc) is 3.69. The van der Waals surface area contributed by atoms with Crippen molar-refractivity contribution in [2.24, 2.45) is 0 Å². The first-order valence-corrected chi connectivity index (χ1v) is 13.4. The quantitative estimate of drug-likeness (QED) is 0.338. The minimum Gasteiger partial charge on any atom is -0.447 e. The molecule has 4 heterocycles. The maximum absolute atomic E-state index is 13.0. The highest BCUT2D eigenvalue weighted by Gasteiger charge is 2.41. The van der Waals surface area contributed by atoms with Crippen LogP contribution in [0.4, 0.5) is 0 Å². The van der Waals surface area contributed by atoms with Crippen molar-refractivity contribution >= 4 is 17.7 Å². The molecule has 0 unspecified atom stereocenters. The molecule has 6 rings (SSSR count). The SMILES string of the molecule is O=C(c1coc(CSc2nnc(Cc3ccccc3)n2-c2ccccc2)n1)N1CCC2(CC1)OCCO2. The number of aromatic nitrogens is 4. The second-order valence-electron chi connectivity index (χ2n) is 9.05. The van der Waals surface area contributed by atoms with E-state index < -0.39 is 5.79 Å². The van der Waals surface area contributed by atoms with E-state index in [4.69, 9.17) is 13.9 Å². The molecule has 2 aromatic heterocycles. The molecule has 1 spiro atoms. The Kier molecular flexibility index (Phi) is 6.77. The molecule has 10 heteroatoms. The molecule has 0 aliphatic carbocycles. The molecule has 2 aromatic carbocycles. The molecule has 1 amide bonds. The van der Waals surface area contributed by atoms with Crippen molar-refractivity contribution in [1.82, 2.24) is 24.6 Å². The van der Waals surface area contributed by atoms with Gasteiger partial charge < -0.3 is 18.8 Å².